The third-order valence-corrected chi connectivity index (χ3v) is 5.60. The molecule has 0 radical (unpaired) electrons. The lowest BCUT2D eigenvalue weighted by molar-refractivity contribution is -0.128. The number of hydrogen-bond acceptors (Lipinski definition) is 2. The number of fused-ring (bicyclic) bond motifs is 1. The topological polar surface area (TPSA) is 41.1 Å². The molecule has 1 amide bonds. The molecule has 3 unspecified atom stereocenters. The maximum atomic E-state index is 12.4. The van der Waals surface area contributed by atoms with Crippen molar-refractivity contribution in [3.05, 3.63) is 0 Å². The van der Waals surface area contributed by atoms with Crippen LogP contribution in [0.2, 0.25) is 0 Å². The van der Waals surface area contributed by atoms with E-state index in [2.05, 4.69) is 10.6 Å². The van der Waals surface area contributed by atoms with Crippen LogP contribution in [0, 0.1) is 17.8 Å². The first-order valence-corrected chi connectivity index (χ1v) is 8.34. The van der Waals surface area contributed by atoms with Crippen LogP contribution >= 0.6 is 0 Å². The highest BCUT2D eigenvalue weighted by Crippen LogP contribution is 2.42. The average molecular weight is 264 g/mol. The second kappa shape index (κ2) is 6.25. The van der Waals surface area contributed by atoms with Gasteiger partial charge in [0.2, 0.25) is 5.91 Å². The number of amides is 1. The summed E-state index contributed by atoms with van der Waals surface area (Å²) in [6, 6.07) is 0.429. The maximum absolute atomic E-state index is 12.4. The van der Waals surface area contributed by atoms with Gasteiger partial charge in [-0.05, 0) is 57.0 Å². The molecule has 1 heterocycles. The number of piperidine rings is 1. The van der Waals surface area contributed by atoms with Crippen molar-refractivity contribution in [1.82, 2.24) is 10.6 Å². The second-order valence-corrected chi connectivity index (χ2v) is 6.85. The van der Waals surface area contributed by atoms with E-state index in [-0.39, 0.29) is 0 Å². The van der Waals surface area contributed by atoms with Gasteiger partial charge >= 0.3 is 0 Å². The van der Waals surface area contributed by atoms with Gasteiger partial charge in [0.1, 0.15) is 0 Å². The summed E-state index contributed by atoms with van der Waals surface area (Å²) in [6.45, 7) is 2.11. The summed E-state index contributed by atoms with van der Waals surface area (Å²) in [5.41, 5.74) is 0. The van der Waals surface area contributed by atoms with Gasteiger partial charge in [0.05, 0.1) is 0 Å². The Morgan fingerprint density at radius 3 is 2.42 bits per heavy atom. The van der Waals surface area contributed by atoms with Gasteiger partial charge in [0, 0.05) is 12.0 Å². The largest absolute Gasteiger partial charge is 0.353 e. The maximum Gasteiger partial charge on any atom is 0.223 e. The molecule has 3 heteroatoms. The highest BCUT2D eigenvalue weighted by atomic mass is 16.1. The summed E-state index contributed by atoms with van der Waals surface area (Å²) < 4.78 is 0. The van der Waals surface area contributed by atoms with Gasteiger partial charge in [-0.25, -0.2) is 0 Å². The predicted octanol–water partition coefficient (Wildman–Crippen LogP) is 2.46. The molecule has 0 bridgehead atoms. The molecule has 0 aromatic heterocycles. The number of nitrogens with one attached hydrogen (secondary N) is 2. The van der Waals surface area contributed by atoms with E-state index in [1.165, 1.54) is 38.5 Å². The van der Waals surface area contributed by atoms with E-state index in [1.807, 2.05) is 0 Å². The molecule has 0 aromatic carbocycles. The molecule has 3 rings (SSSR count). The van der Waals surface area contributed by atoms with Crippen LogP contribution in [0.3, 0.4) is 0 Å². The van der Waals surface area contributed by atoms with Crippen molar-refractivity contribution in [1.29, 1.82) is 0 Å². The van der Waals surface area contributed by atoms with Crippen LogP contribution in [-0.4, -0.2) is 25.0 Å². The van der Waals surface area contributed by atoms with Gasteiger partial charge in [-0.15, -0.1) is 0 Å². The lowest BCUT2D eigenvalue weighted by atomic mass is 9.67. The molecule has 3 nitrogen and oxygen atoms in total. The SMILES string of the molecule is O=C(NC1CCNCC1)C1CCC2CCCCC2C1. The van der Waals surface area contributed by atoms with Crippen LogP contribution < -0.4 is 10.6 Å². The summed E-state index contributed by atoms with van der Waals surface area (Å²) >= 11 is 0. The summed E-state index contributed by atoms with van der Waals surface area (Å²) in [5, 5.41) is 6.66. The van der Waals surface area contributed by atoms with Crippen LogP contribution in [-0.2, 0) is 4.79 Å². The van der Waals surface area contributed by atoms with E-state index >= 15 is 0 Å². The smallest absolute Gasteiger partial charge is 0.223 e. The summed E-state index contributed by atoms with van der Waals surface area (Å²) in [7, 11) is 0. The molecule has 19 heavy (non-hydrogen) atoms. The van der Waals surface area contributed by atoms with E-state index in [0.29, 0.717) is 17.9 Å². The standard InChI is InChI=1S/C16H28N2O/c19-16(18-15-7-9-17-10-8-15)14-6-5-12-3-1-2-4-13(12)11-14/h12-15,17H,1-11H2,(H,18,19). The molecule has 2 saturated carbocycles. The van der Waals surface area contributed by atoms with Crippen LogP contribution in [0.1, 0.15) is 57.8 Å². The molecule has 3 atom stereocenters. The fourth-order valence-corrected chi connectivity index (χ4v) is 4.40. The van der Waals surface area contributed by atoms with E-state index in [9.17, 15) is 4.79 Å². The van der Waals surface area contributed by atoms with Crippen molar-refractivity contribution in [2.45, 2.75) is 63.8 Å². The molecular formula is C16H28N2O. The fraction of sp³-hybridized carbons (Fsp3) is 0.938. The Morgan fingerprint density at radius 1 is 0.895 bits per heavy atom. The van der Waals surface area contributed by atoms with E-state index in [1.54, 1.807) is 0 Å². The van der Waals surface area contributed by atoms with Gasteiger partial charge in [-0.2, -0.15) is 0 Å². The summed E-state index contributed by atoms with van der Waals surface area (Å²) in [5.74, 6) is 2.47. The molecule has 3 aliphatic rings. The zero-order valence-corrected chi connectivity index (χ0v) is 12.0. The minimum atomic E-state index is 0.314. The van der Waals surface area contributed by atoms with Crippen LogP contribution in [0.15, 0.2) is 0 Å². The van der Waals surface area contributed by atoms with E-state index < -0.39 is 0 Å². The van der Waals surface area contributed by atoms with Crippen molar-refractivity contribution in [3.8, 4) is 0 Å². The van der Waals surface area contributed by atoms with Gasteiger partial charge in [-0.3, -0.25) is 4.79 Å². The van der Waals surface area contributed by atoms with E-state index in [0.717, 1.165) is 44.2 Å². The van der Waals surface area contributed by atoms with Crippen molar-refractivity contribution in [3.63, 3.8) is 0 Å². The molecule has 0 aromatic rings. The average Bonchev–Trinajstić information content (AvgIpc) is 2.48. The van der Waals surface area contributed by atoms with Crippen molar-refractivity contribution in [2.75, 3.05) is 13.1 Å². The monoisotopic (exact) mass is 264 g/mol. The molecular weight excluding hydrogens is 236 g/mol. The van der Waals surface area contributed by atoms with Crippen LogP contribution in [0.5, 0.6) is 0 Å². The van der Waals surface area contributed by atoms with Gasteiger partial charge in [0.15, 0.2) is 0 Å². The van der Waals surface area contributed by atoms with Crippen molar-refractivity contribution in [2.24, 2.45) is 17.8 Å². The summed E-state index contributed by atoms with van der Waals surface area (Å²) in [4.78, 5) is 12.4. The fourth-order valence-electron chi connectivity index (χ4n) is 4.40. The molecule has 2 aliphatic carbocycles. The van der Waals surface area contributed by atoms with E-state index in [4.69, 9.17) is 0 Å². The Balaban J connectivity index is 1.49. The van der Waals surface area contributed by atoms with Gasteiger partial charge in [0.25, 0.3) is 0 Å². The first kappa shape index (κ1) is 13.4. The predicted molar refractivity (Wildman–Crippen MR) is 76.8 cm³/mol. The first-order chi connectivity index (χ1) is 9.33. The molecule has 0 spiro atoms. The van der Waals surface area contributed by atoms with Crippen molar-refractivity contribution < 1.29 is 4.79 Å². The van der Waals surface area contributed by atoms with Crippen LogP contribution in [0.4, 0.5) is 0 Å². The second-order valence-electron chi connectivity index (χ2n) is 6.85. The minimum absolute atomic E-state index is 0.314. The Hall–Kier alpha value is -0.570. The zero-order valence-electron chi connectivity index (χ0n) is 12.0. The lowest BCUT2D eigenvalue weighted by Crippen LogP contribution is -2.46. The highest BCUT2D eigenvalue weighted by Gasteiger charge is 2.35. The Morgan fingerprint density at radius 2 is 1.63 bits per heavy atom. The minimum Gasteiger partial charge on any atom is -0.353 e. The first-order valence-electron chi connectivity index (χ1n) is 8.34. The Kier molecular flexibility index (Phi) is 4.42. The Bertz CT molecular complexity index is 312. The van der Waals surface area contributed by atoms with Gasteiger partial charge < -0.3 is 10.6 Å². The molecule has 2 N–H and O–H groups in total. The van der Waals surface area contributed by atoms with Crippen molar-refractivity contribution >= 4 is 5.91 Å². The molecule has 1 aliphatic heterocycles. The quantitative estimate of drug-likeness (QED) is 0.804. The number of hydrogen-bond donors (Lipinski definition) is 2. The lowest BCUT2D eigenvalue weighted by Gasteiger charge is -2.39. The molecule has 108 valence electrons. The zero-order chi connectivity index (χ0) is 13.1. The highest BCUT2D eigenvalue weighted by molar-refractivity contribution is 5.79. The normalized spacial score (nSPS) is 36.5. The Labute approximate surface area is 116 Å². The third-order valence-electron chi connectivity index (χ3n) is 5.60. The summed E-state index contributed by atoms with van der Waals surface area (Å²) in [6.07, 6.45) is 11.4. The number of carbonyl (C=O) groups excluding carboxylic acids is 1. The number of rotatable bonds is 2. The molecule has 3 fully saturated rings. The number of carbonyl (C=O) groups is 1. The van der Waals surface area contributed by atoms with Gasteiger partial charge in [-0.1, -0.05) is 25.7 Å². The third kappa shape index (κ3) is 3.31. The van der Waals surface area contributed by atoms with Crippen LogP contribution in [0.25, 0.3) is 0 Å². The molecule has 1 saturated heterocycles.